The van der Waals surface area contributed by atoms with Crippen LogP contribution in [0.25, 0.3) is 0 Å². The highest BCUT2D eigenvalue weighted by Crippen LogP contribution is 2.37. The maximum atomic E-state index is 12.3. The lowest BCUT2D eigenvalue weighted by molar-refractivity contribution is -0.155. The SMILES string of the molecule is CCO[Si](OCC)(OCC)C(C)CC(C)(C)C(=O)OCC1CO1. The largest absolute Gasteiger partial charge is 0.503 e. The van der Waals surface area contributed by atoms with E-state index < -0.39 is 14.2 Å². The predicted molar refractivity (Wildman–Crippen MR) is 89.2 cm³/mol. The van der Waals surface area contributed by atoms with Gasteiger partial charge >= 0.3 is 14.8 Å². The second-order valence-electron chi connectivity index (χ2n) is 6.45. The third kappa shape index (κ3) is 6.15. The number of hydrogen-bond donors (Lipinski definition) is 0. The lowest BCUT2D eigenvalue weighted by Gasteiger charge is -2.36. The van der Waals surface area contributed by atoms with Crippen molar-refractivity contribution in [2.45, 2.75) is 59.6 Å². The van der Waals surface area contributed by atoms with E-state index >= 15 is 0 Å². The molecule has 1 fully saturated rings. The first-order chi connectivity index (χ1) is 10.8. The molecule has 1 aliphatic heterocycles. The summed E-state index contributed by atoms with van der Waals surface area (Å²) < 4.78 is 28.2. The molecule has 1 aliphatic rings. The van der Waals surface area contributed by atoms with E-state index in [1.165, 1.54) is 0 Å². The van der Waals surface area contributed by atoms with E-state index in [4.69, 9.17) is 22.8 Å². The van der Waals surface area contributed by atoms with Crippen LogP contribution in [0.15, 0.2) is 0 Å². The first kappa shape index (κ1) is 20.6. The lowest BCUT2D eigenvalue weighted by Crippen LogP contribution is -2.51. The molecule has 2 unspecified atom stereocenters. The standard InChI is InChI=1S/C16H32O6Si/c1-7-20-23(21-8-2,22-9-3)13(4)10-16(5,6)15(17)19-12-14-11-18-14/h13-14H,7-12H2,1-6H3. The van der Waals surface area contributed by atoms with Crippen LogP contribution < -0.4 is 0 Å². The van der Waals surface area contributed by atoms with Gasteiger partial charge in [0.1, 0.15) is 12.7 Å². The average Bonchev–Trinajstić information content (AvgIpc) is 3.29. The molecule has 0 bridgehead atoms. The fourth-order valence-electron chi connectivity index (χ4n) is 2.66. The van der Waals surface area contributed by atoms with Crippen LogP contribution in [0.2, 0.25) is 5.54 Å². The molecular weight excluding hydrogens is 316 g/mol. The van der Waals surface area contributed by atoms with Gasteiger partial charge in [-0.25, -0.2) is 0 Å². The number of carbonyl (C=O) groups excluding carboxylic acids is 1. The summed E-state index contributed by atoms with van der Waals surface area (Å²) in [6, 6.07) is 0. The average molecular weight is 349 g/mol. The van der Waals surface area contributed by atoms with Crippen LogP contribution in [0, 0.1) is 5.41 Å². The van der Waals surface area contributed by atoms with Gasteiger partial charge in [0.2, 0.25) is 0 Å². The topological polar surface area (TPSA) is 66.5 Å². The van der Waals surface area contributed by atoms with Gasteiger partial charge in [-0.1, -0.05) is 6.92 Å². The van der Waals surface area contributed by atoms with Crippen molar-refractivity contribution in [3.63, 3.8) is 0 Å². The highest BCUT2D eigenvalue weighted by atomic mass is 28.4. The highest BCUT2D eigenvalue weighted by molar-refractivity contribution is 6.62. The van der Waals surface area contributed by atoms with Gasteiger partial charge in [-0.3, -0.25) is 4.79 Å². The molecule has 0 radical (unpaired) electrons. The maximum absolute atomic E-state index is 12.3. The smallest absolute Gasteiger partial charge is 0.462 e. The molecule has 0 aliphatic carbocycles. The van der Waals surface area contributed by atoms with Crippen molar-refractivity contribution in [2.75, 3.05) is 33.0 Å². The third-order valence-corrected chi connectivity index (χ3v) is 7.30. The summed E-state index contributed by atoms with van der Waals surface area (Å²) in [5.74, 6) is -0.216. The third-order valence-electron chi connectivity index (χ3n) is 3.81. The monoisotopic (exact) mass is 348 g/mol. The first-order valence-corrected chi connectivity index (χ1v) is 10.3. The fourth-order valence-corrected chi connectivity index (χ4v) is 5.73. The van der Waals surface area contributed by atoms with Gasteiger partial charge in [0, 0.05) is 25.4 Å². The van der Waals surface area contributed by atoms with E-state index in [1.54, 1.807) is 0 Å². The van der Waals surface area contributed by atoms with Gasteiger partial charge in [-0.15, -0.1) is 0 Å². The van der Waals surface area contributed by atoms with E-state index in [9.17, 15) is 4.79 Å². The Labute approximate surface area is 141 Å². The molecule has 0 N–H and O–H groups in total. The predicted octanol–water partition coefficient (Wildman–Crippen LogP) is 2.78. The lowest BCUT2D eigenvalue weighted by atomic mass is 9.88. The van der Waals surface area contributed by atoms with E-state index in [0.29, 0.717) is 39.5 Å². The number of esters is 1. The Bertz CT molecular complexity index is 353. The van der Waals surface area contributed by atoms with Crippen LogP contribution in [0.5, 0.6) is 0 Å². The van der Waals surface area contributed by atoms with E-state index in [0.717, 1.165) is 0 Å². The molecular formula is C16H32O6Si. The van der Waals surface area contributed by atoms with Crippen molar-refractivity contribution in [3.05, 3.63) is 0 Å². The fraction of sp³-hybridized carbons (Fsp3) is 0.938. The first-order valence-electron chi connectivity index (χ1n) is 8.52. The molecule has 0 aromatic rings. The molecule has 136 valence electrons. The van der Waals surface area contributed by atoms with Crippen molar-refractivity contribution < 1.29 is 27.5 Å². The van der Waals surface area contributed by atoms with Gasteiger partial charge in [-0.2, -0.15) is 0 Å². The van der Waals surface area contributed by atoms with Gasteiger partial charge < -0.3 is 22.8 Å². The van der Waals surface area contributed by atoms with E-state index in [2.05, 4.69) is 0 Å². The minimum absolute atomic E-state index is 0.00192. The number of ether oxygens (including phenoxy) is 2. The molecule has 0 saturated carbocycles. The summed E-state index contributed by atoms with van der Waals surface area (Å²) in [5.41, 5.74) is -0.625. The number of carbonyl (C=O) groups is 1. The summed E-state index contributed by atoms with van der Waals surface area (Å²) in [6.45, 7) is 14.2. The Morgan fingerprint density at radius 2 is 1.65 bits per heavy atom. The number of rotatable bonds is 12. The summed E-state index contributed by atoms with van der Waals surface area (Å²) in [7, 11) is -2.82. The number of epoxide rings is 1. The molecule has 0 aromatic carbocycles. The molecule has 2 atom stereocenters. The Morgan fingerprint density at radius 3 is 2.04 bits per heavy atom. The number of hydrogen-bond acceptors (Lipinski definition) is 6. The Kier molecular flexibility index (Phi) is 8.16. The van der Waals surface area contributed by atoms with Gasteiger partial charge in [0.25, 0.3) is 0 Å². The summed E-state index contributed by atoms with van der Waals surface area (Å²) >= 11 is 0. The minimum atomic E-state index is -2.82. The van der Waals surface area contributed by atoms with Crippen LogP contribution >= 0.6 is 0 Å². The van der Waals surface area contributed by atoms with Gasteiger partial charge in [0.05, 0.1) is 12.0 Å². The molecule has 1 heterocycles. The molecule has 1 saturated heterocycles. The molecule has 23 heavy (non-hydrogen) atoms. The van der Waals surface area contributed by atoms with Crippen LogP contribution in [-0.4, -0.2) is 53.9 Å². The van der Waals surface area contributed by atoms with Crippen LogP contribution in [-0.2, 0) is 27.5 Å². The normalized spacial score (nSPS) is 19.5. The van der Waals surface area contributed by atoms with Crippen molar-refractivity contribution in [1.82, 2.24) is 0 Å². The molecule has 7 heteroatoms. The zero-order valence-corrected chi connectivity index (χ0v) is 16.3. The zero-order chi connectivity index (χ0) is 17.5. The molecule has 0 amide bonds. The van der Waals surface area contributed by atoms with Gasteiger partial charge in [-0.05, 0) is 41.0 Å². The van der Waals surface area contributed by atoms with Crippen molar-refractivity contribution in [1.29, 1.82) is 0 Å². The van der Waals surface area contributed by atoms with Crippen LogP contribution in [0.4, 0.5) is 0 Å². The Hall–Kier alpha value is -0.473. The maximum Gasteiger partial charge on any atom is 0.503 e. The van der Waals surface area contributed by atoms with Crippen LogP contribution in [0.3, 0.4) is 0 Å². The summed E-state index contributed by atoms with van der Waals surface area (Å²) in [6.07, 6.45) is 0.666. The van der Waals surface area contributed by atoms with E-state index in [1.807, 2.05) is 41.5 Å². The molecule has 6 nitrogen and oxygen atoms in total. The summed E-state index contributed by atoms with van der Waals surface area (Å²) in [4.78, 5) is 12.3. The molecule has 0 spiro atoms. The van der Waals surface area contributed by atoms with E-state index in [-0.39, 0.29) is 17.6 Å². The van der Waals surface area contributed by atoms with Crippen molar-refractivity contribution >= 4 is 14.8 Å². The Balaban J connectivity index is 2.72. The molecule has 0 aromatic heterocycles. The van der Waals surface area contributed by atoms with Gasteiger partial charge in [0.15, 0.2) is 0 Å². The van der Waals surface area contributed by atoms with Crippen molar-refractivity contribution in [2.24, 2.45) is 5.41 Å². The second kappa shape index (κ2) is 9.13. The highest BCUT2D eigenvalue weighted by Gasteiger charge is 2.49. The minimum Gasteiger partial charge on any atom is -0.462 e. The quantitative estimate of drug-likeness (QED) is 0.307. The van der Waals surface area contributed by atoms with Crippen molar-refractivity contribution in [3.8, 4) is 0 Å². The summed E-state index contributed by atoms with van der Waals surface area (Å²) in [5, 5.41) is 0. The molecule has 1 rings (SSSR count). The van der Waals surface area contributed by atoms with Crippen LogP contribution in [0.1, 0.15) is 48.0 Å². The zero-order valence-electron chi connectivity index (χ0n) is 15.3. The Morgan fingerprint density at radius 1 is 1.17 bits per heavy atom. The second-order valence-corrected chi connectivity index (χ2v) is 9.50.